The van der Waals surface area contributed by atoms with E-state index in [2.05, 4.69) is 0 Å². The predicted molar refractivity (Wildman–Crippen MR) is 136 cm³/mol. The summed E-state index contributed by atoms with van der Waals surface area (Å²) in [5.74, 6) is 1.77. The summed E-state index contributed by atoms with van der Waals surface area (Å²) in [6.07, 6.45) is 0. The third kappa shape index (κ3) is 4.37. The lowest BCUT2D eigenvalue weighted by atomic mass is 10.0. The average Bonchev–Trinajstić information content (AvgIpc) is 2.78. The number of anilines is 3. The summed E-state index contributed by atoms with van der Waals surface area (Å²) in [5.41, 5.74) is 6.59. The second-order valence-corrected chi connectivity index (χ2v) is 8.71. The lowest BCUT2D eigenvalue weighted by Gasteiger charge is -2.30. The number of aromatic hydroxyl groups is 3. The van der Waals surface area contributed by atoms with Crippen LogP contribution in [-0.4, -0.2) is 15.3 Å². The largest absolute Gasteiger partial charge is 0.508 e. The molecule has 0 spiro atoms. The molecule has 5 nitrogen and oxygen atoms in total. The average molecular weight is 456 g/mol. The van der Waals surface area contributed by atoms with E-state index in [1.807, 2.05) is 75.9 Å². The summed E-state index contributed by atoms with van der Waals surface area (Å²) < 4.78 is 6.33. The SMILES string of the molecule is Cc1cc(C)c(N(c2cc(O)c(C)cc2C)c2ccccc2Oc2ccc(O)cc2C)cc1O. The lowest BCUT2D eigenvalue weighted by molar-refractivity contribution is 0.462. The van der Waals surface area contributed by atoms with Crippen molar-refractivity contribution in [2.24, 2.45) is 0 Å². The smallest absolute Gasteiger partial charge is 0.151 e. The van der Waals surface area contributed by atoms with Crippen molar-refractivity contribution < 1.29 is 20.1 Å². The van der Waals surface area contributed by atoms with Crippen molar-refractivity contribution in [2.45, 2.75) is 34.6 Å². The van der Waals surface area contributed by atoms with Gasteiger partial charge in [-0.1, -0.05) is 24.3 Å². The van der Waals surface area contributed by atoms with Crippen LogP contribution in [0.4, 0.5) is 17.1 Å². The van der Waals surface area contributed by atoms with Crippen molar-refractivity contribution in [3.05, 3.63) is 94.5 Å². The van der Waals surface area contributed by atoms with E-state index in [-0.39, 0.29) is 17.2 Å². The maximum absolute atomic E-state index is 10.6. The van der Waals surface area contributed by atoms with Gasteiger partial charge in [0.05, 0.1) is 17.1 Å². The standard InChI is InChI=1S/C29H29NO4/c1-17-12-19(3)26(32)15-24(17)30(25-16-27(33)20(4)13-18(25)2)23-8-6-7-9-29(23)34-28-11-10-22(31)14-21(28)5/h6-16,31-33H,1-5H3. The molecule has 174 valence electrons. The molecule has 0 aromatic heterocycles. The Hall–Kier alpha value is -4.12. The van der Waals surface area contributed by atoms with Crippen LogP contribution < -0.4 is 9.64 Å². The van der Waals surface area contributed by atoms with Gasteiger partial charge in [0.25, 0.3) is 0 Å². The van der Waals surface area contributed by atoms with Crippen LogP contribution in [-0.2, 0) is 0 Å². The zero-order valence-electron chi connectivity index (χ0n) is 20.0. The molecular weight excluding hydrogens is 426 g/mol. The topological polar surface area (TPSA) is 73.2 Å². The van der Waals surface area contributed by atoms with E-state index < -0.39 is 0 Å². The van der Waals surface area contributed by atoms with Crippen molar-refractivity contribution in [1.82, 2.24) is 0 Å². The van der Waals surface area contributed by atoms with Crippen LogP contribution >= 0.6 is 0 Å². The first-order valence-electron chi connectivity index (χ1n) is 11.1. The van der Waals surface area contributed by atoms with Crippen LogP contribution in [0.15, 0.2) is 66.7 Å². The minimum Gasteiger partial charge on any atom is -0.508 e. The highest BCUT2D eigenvalue weighted by atomic mass is 16.5. The molecule has 0 aliphatic heterocycles. The maximum Gasteiger partial charge on any atom is 0.151 e. The lowest BCUT2D eigenvalue weighted by Crippen LogP contribution is -2.14. The first-order chi connectivity index (χ1) is 16.2. The highest BCUT2D eigenvalue weighted by Crippen LogP contribution is 2.46. The van der Waals surface area contributed by atoms with Crippen LogP contribution in [0.1, 0.15) is 27.8 Å². The molecule has 0 radical (unpaired) electrons. The zero-order valence-corrected chi connectivity index (χ0v) is 20.0. The molecule has 34 heavy (non-hydrogen) atoms. The van der Waals surface area contributed by atoms with Gasteiger partial charge < -0.3 is 25.0 Å². The number of ether oxygens (including phenoxy) is 1. The van der Waals surface area contributed by atoms with Gasteiger partial charge in [0.2, 0.25) is 0 Å². The third-order valence-corrected chi connectivity index (χ3v) is 6.00. The first-order valence-corrected chi connectivity index (χ1v) is 11.1. The molecule has 3 N–H and O–H groups in total. The van der Waals surface area contributed by atoms with Gasteiger partial charge in [0, 0.05) is 12.1 Å². The number of benzene rings is 4. The molecular formula is C29H29NO4. The Balaban J connectivity index is 1.96. The number of aryl methyl sites for hydroxylation is 5. The molecule has 0 saturated carbocycles. The Morgan fingerprint density at radius 1 is 0.529 bits per heavy atom. The van der Waals surface area contributed by atoms with Crippen molar-refractivity contribution in [2.75, 3.05) is 4.90 Å². The van der Waals surface area contributed by atoms with E-state index in [0.717, 1.165) is 44.9 Å². The molecule has 4 aromatic carbocycles. The third-order valence-electron chi connectivity index (χ3n) is 6.00. The minimum absolute atomic E-state index is 0.177. The van der Waals surface area contributed by atoms with Gasteiger partial charge in [0.1, 0.15) is 23.0 Å². The van der Waals surface area contributed by atoms with Crippen molar-refractivity contribution in [3.8, 4) is 28.7 Å². The summed E-state index contributed by atoms with van der Waals surface area (Å²) in [6.45, 7) is 9.59. The van der Waals surface area contributed by atoms with Gasteiger partial charge in [-0.2, -0.15) is 0 Å². The fraction of sp³-hybridized carbons (Fsp3) is 0.172. The van der Waals surface area contributed by atoms with E-state index in [1.54, 1.807) is 30.3 Å². The zero-order chi connectivity index (χ0) is 24.6. The second kappa shape index (κ2) is 9.02. The Morgan fingerprint density at radius 3 is 1.65 bits per heavy atom. The van der Waals surface area contributed by atoms with Gasteiger partial charge in [0.15, 0.2) is 5.75 Å². The van der Waals surface area contributed by atoms with Crippen LogP contribution in [0.5, 0.6) is 28.7 Å². The molecule has 4 aromatic rings. The van der Waals surface area contributed by atoms with E-state index in [0.29, 0.717) is 11.5 Å². The molecule has 0 bridgehead atoms. The molecule has 0 aliphatic rings. The van der Waals surface area contributed by atoms with E-state index in [4.69, 9.17) is 4.74 Å². The normalized spacial score (nSPS) is 10.9. The minimum atomic E-state index is 0.177. The quantitative estimate of drug-likeness (QED) is 0.289. The fourth-order valence-electron chi connectivity index (χ4n) is 4.13. The number of phenolic OH excluding ortho intramolecular Hbond substituents is 3. The number of nitrogens with zero attached hydrogens (tertiary/aromatic N) is 1. The molecule has 5 heteroatoms. The summed E-state index contributed by atoms with van der Waals surface area (Å²) in [6, 6.07) is 20.0. The number of para-hydroxylation sites is 2. The molecule has 0 atom stereocenters. The highest BCUT2D eigenvalue weighted by Gasteiger charge is 2.22. The molecule has 0 amide bonds. The van der Waals surface area contributed by atoms with E-state index in [1.165, 1.54) is 0 Å². The monoisotopic (exact) mass is 455 g/mol. The number of hydrogen-bond acceptors (Lipinski definition) is 5. The van der Waals surface area contributed by atoms with E-state index >= 15 is 0 Å². The summed E-state index contributed by atoms with van der Waals surface area (Å²) in [5, 5.41) is 30.9. The molecule has 4 rings (SSSR count). The Labute approximate surface area is 200 Å². The second-order valence-electron chi connectivity index (χ2n) is 8.71. The van der Waals surface area contributed by atoms with Crippen molar-refractivity contribution >= 4 is 17.1 Å². The van der Waals surface area contributed by atoms with Gasteiger partial charge >= 0.3 is 0 Å². The van der Waals surface area contributed by atoms with Crippen molar-refractivity contribution in [1.29, 1.82) is 0 Å². The summed E-state index contributed by atoms with van der Waals surface area (Å²) >= 11 is 0. The Morgan fingerprint density at radius 2 is 1.09 bits per heavy atom. The molecule has 0 saturated heterocycles. The van der Waals surface area contributed by atoms with E-state index in [9.17, 15) is 15.3 Å². The summed E-state index contributed by atoms with van der Waals surface area (Å²) in [7, 11) is 0. The predicted octanol–water partition coefficient (Wildman–Crippen LogP) is 7.61. The molecule has 0 fully saturated rings. The Kier molecular flexibility index (Phi) is 6.12. The number of rotatable bonds is 5. The van der Waals surface area contributed by atoms with Crippen LogP contribution in [0.2, 0.25) is 0 Å². The van der Waals surface area contributed by atoms with Crippen LogP contribution in [0.3, 0.4) is 0 Å². The maximum atomic E-state index is 10.6. The molecule has 0 heterocycles. The van der Waals surface area contributed by atoms with Gasteiger partial charge in [-0.25, -0.2) is 0 Å². The van der Waals surface area contributed by atoms with Crippen LogP contribution in [0.25, 0.3) is 0 Å². The Bertz CT molecular complexity index is 1320. The fourth-order valence-corrected chi connectivity index (χ4v) is 4.13. The molecule has 0 unspecified atom stereocenters. The van der Waals surface area contributed by atoms with Crippen LogP contribution in [0, 0.1) is 34.6 Å². The van der Waals surface area contributed by atoms with Gasteiger partial charge in [-0.3, -0.25) is 0 Å². The first kappa shape index (κ1) is 23.1. The van der Waals surface area contributed by atoms with Gasteiger partial charge in [-0.15, -0.1) is 0 Å². The summed E-state index contributed by atoms with van der Waals surface area (Å²) in [4.78, 5) is 1.99. The van der Waals surface area contributed by atoms with Crippen molar-refractivity contribution in [3.63, 3.8) is 0 Å². The number of phenols is 3. The molecule has 0 aliphatic carbocycles. The highest BCUT2D eigenvalue weighted by molar-refractivity contribution is 5.84. The number of hydrogen-bond donors (Lipinski definition) is 3. The van der Waals surface area contributed by atoms with Gasteiger partial charge in [-0.05, 0) is 92.8 Å².